The fourth-order valence-corrected chi connectivity index (χ4v) is 7.44. The van der Waals surface area contributed by atoms with Gasteiger partial charge in [-0.25, -0.2) is 9.48 Å². The van der Waals surface area contributed by atoms with Crippen LogP contribution in [0.2, 0.25) is 10.0 Å². The number of fused-ring (bicyclic) bond motifs is 2. The van der Waals surface area contributed by atoms with E-state index >= 15 is 0 Å². The first-order valence-corrected chi connectivity index (χ1v) is 18.5. The third-order valence-electron chi connectivity index (χ3n) is 9.87. The van der Waals surface area contributed by atoms with E-state index < -0.39 is 6.03 Å². The molecule has 2 aliphatic rings. The van der Waals surface area contributed by atoms with E-state index in [-0.39, 0.29) is 24.0 Å². The molecule has 0 bridgehead atoms. The summed E-state index contributed by atoms with van der Waals surface area (Å²) in [7, 11) is 2.12. The van der Waals surface area contributed by atoms with Gasteiger partial charge in [0.05, 0.1) is 40.1 Å². The molecule has 0 unspecified atom stereocenters. The summed E-state index contributed by atoms with van der Waals surface area (Å²) in [5, 5.41) is 18.6. The van der Waals surface area contributed by atoms with Crippen LogP contribution in [0.15, 0.2) is 66.9 Å². The van der Waals surface area contributed by atoms with Gasteiger partial charge in [-0.15, -0.1) is 15.3 Å². The molecule has 1 saturated heterocycles. The van der Waals surface area contributed by atoms with E-state index in [1.807, 2.05) is 53.1 Å². The predicted octanol–water partition coefficient (Wildman–Crippen LogP) is 6.70. The fraction of sp³-hybridized carbons (Fsp3) is 0.395. The molecule has 278 valence electrons. The number of pyridine rings is 1. The molecule has 5 aromatic rings. The van der Waals surface area contributed by atoms with Crippen LogP contribution in [0, 0.1) is 0 Å². The first-order valence-electron chi connectivity index (χ1n) is 17.7. The molecule has 2 amide bonds. The lowest BCUT2D eigenvalue weighted by Crippen LogP contribution is -2.46. The predicted molar refractivity (Wildman–Crippen MR) is 203 cm³/mol. The number of anilines is 1. The quantitative estimate of drug-likeness (QED) is 0.122. The number of piperazine rings is 1. The summed E-state index contributed by atoms with van der Waals surface area (Å²) in [6.45, 7) is 11.6. The standard InChI is InChI=1S/C38H43Cl2N9O4/c1-38(2,3)32-22-34(48(44-32)21-20-46-18-16-45(4)17-19-46)49(52-24-50)37(51)41-30-13-14-31(27-9-6-5-8-26(27)30)53-25-12-15-33-42-43-36(47(33)23-25)35-28(39)10-7-11-29(35)40/h5-12,15,22-24,30-31H,13-14,16-21H2,1-4H3,(H,41,51)/t30-,31+/m0/s1. The van der Waals surface area contributed by atoms with Crippen molar-refractivity contribution < 1.29 is 19.2 Å². The van der Waals surface area contributed by atoms with Gasteiger partial charge in [-0.05, 0) is 55.3 Å². The minimum Gasteiger partial charge on any atom is -0.484 e. The summed E-state index contributed by atoms with van der Waals surface area (Å²) >= 11 is 13.0. The Labute approximate surface area is 318 Å². The maximum Gasteiger partial charge on any atom is 0.357 e. The van der Waals surface area contributed by atoms with Crippen LogP contribution in [0.4, 0.5) is 10.6 Å². The summed E-state index contributed by atoms with van der Waals surface area (Å²) in [6, 6.07) is 17.8. The van der Waals surface area contributed by atoms with E-state index in [1.165, 1.54) is 0 Å². The third kappa shape index (κ3) is 7.84. The van der Waals surface area contributed by atoms with Gasteiger partial charge in [0.15, 0.2) is 17.3 Å². The summed E-state index contributed by atoms with van der Waals surface area (Å²) in [4.78, 5) is 35.9. The summed E-state index contributed by atoms with van der Waals surface area (Å²) < 4.78 is 10.2. The molecule has 4 heterocycles. The maximum atomic E-state index is 14.0. The van der Waals surface area contributed by atoms with Crippen molar-refractivity contribution in [3.8, 4) is 17.1 Å². The van der Waals surface area contributed by atoms with Crippen LogP contribution in [0.25, 0.3) is 17.0 Å². The first-order chi connectivity index (χ1) is 25.5. The molecule has 0 radical (unpaired) electrons. The highest BCUT2D eigenvalue weighted by Crippen LogP contribution is 2.40. The molecule has 3 aromatic heterocycles. The molecule has 53 heavy (non-hydrogen) atoms. The molecule has 2 aromatic carbocycles. The number of hydrogen-bond acceptors (Lipinski definition) is 9. The van der Waals surface area contributed by atoms with E-state index in [0.29, 0.717) is 58.0 Å². The van der Waals surface area contributed by atoms with Crippen molar-refractivity contribution in [2.75, 3.05) is 44.8 Å². The van der Waals surface area contributed by atoms with Crippen molar-refractivity contribution in [1.82, 2.24) is 39.5 Å². The van der Waals surface area contributed by atoms with Crippen LogP contribution < -0.4 is 15.1 Å². The van der Waals surface area contributed by atoms with Crippen molar-refractivity contribution in [3.05, 3.63) is 93.7 Å². The van der Waals surface area contributed by atoms with Crippen LogP contribution in [0.5, 0.6) is 5.75 Å². The number of carbonyl (C=O) groups is 2. The molecule has 13 nitrogen and oxygen atoms in total. The van der Waals surface area contributed by atoms with E-state index in [4.69, 9.17) is 37.9 Å². The smallest absolute Gasteiger partial charge is 0.357 e. The molecule has 0 spiro atoms. The highest BCUT2D eigenvalue weighted by Gasteiger charge is 2.33. The second-order valence-electron chi connectivity index (χ2n) is 14.5. The SMILES string of the molecule is CN1CCN(CCn2nc(C(C)(C)C)cc2N(OC=O)C(=O)N[C@H]2CC[C@@H](Oc3ccc4nnc(-c5c(Cl)cccc5Cl)n4c3)c3ccccc32)CC1. The number of aromatic nitrogens is 5. The van der Waals surface area contributed by atoms with Crippen molar-refractivity contribution in [3.63, 3.8) is 0 Å². The molecule has 15 heteroatoms. The van der Waals surface area contributed by atoms with Gasteiger partial charge in [-0.1, -0.05) is 74.3 Å². The number of carbonyl (C=O) groups excluding carboxylic acids is 2. The Bertz CT molecular complexity index is 2080. The average Bonchev–Trinajstić information content (AvgIpc) is 3.76. The largest absolute Gasteiger partial charge is 0.484 e. The lowest BCUT2D eigenvalue weighted by atomic mass is 9.85. The molecule has 0 saturated carbocycles. The number of halogens is 2. The van der Waals surface area contributed by atoms with Crippen LogP contribution in [-0.4, -0.2) is 86.5 Å². The zero-order valence-electron chi connectivity index (χ0n) is 30.2. The number of ether oxygens (including phenoxy) is 1. The van der Waals surface area contributed by atoms with Gasteiger partial charge in [0, 0.05) is 44.2 Å². The Hall–Kier alpha value is -4.69. The second-order valence-corrected chi connectivity index (χ2v) is 15.3. The number of hydrogen-bond donors (Lipinski definition) is 1. The van der Waals surface area contributed by atoms with Crippen molar-refractivity contribution in [1.29, 1.82) is 0 Å². The number of amides is 2. The first kappa shape index (κ1) is 36.7. The van der Waals surface area contributed by atoms with E-state index in [9.17, 15) is 9.59 Å². The number of rotatable bonds is 10. The Balaban J connectivity index is 1.11. The monoisotopic (exact) mass is 759 g/mol. The van der Waals surface area contributed by atoms with Crippen molar-refractivity contribution in [2.45, 2.75) is 57.7 Å². The lowest BCUT2D eigenvalue weighted by Gasteiger charge is -2.33. The van der Waals surface area contributed by atoms with E-state index in [1.54, 1.807) is 22.9 Å². The highest BCUT2D eigenvalue weighted by molar-refractivity contribution is 6.39. The van der Waals surface area contributed by atoms with Gasteiger partial charge in [0.1, 0.15) is 11.9 Å². The average molecular weight is 761 g/mol. The van der Waals surface area contributed by atoms with E-state index in [0.717, 1.165) is 54.6 Å². The number of hydroxylamine groups is 1. The summed E-state index contributed by atoms with van der Waals surface area (Å²) in [5.41, 5.74) is 3.55. The van der Waals surface area contributed by atoms with Crippen LogP contribution >= 0.6 is 23.2 Å². The Morgan fingerprint density at radius 2 is 1.70 bits per heavy atom. The number of benzene rings is 2. The topological polar surface area (TPSA) is 122 Å². The van der Waals surface area contributed by atoms with Crippen molar-refractivity contribution >= 4 is 47.2 Å². The molecular weight excluding hydrogens is 717 g/mol. The number of nitrogens with one attached hydrogen (secondary N) is 1. The lowest BCUT2D eigenvalue weighted by molar-refractivity contribution is -0.129. The zero-order chi connectivity index (χ0) is 37.3. The van der Waals surface area contributed by atoms with Gasteiger partial charge in [0.2, 0.25) is 0 Å². The summed E-state index contributed by atoms with van der Waals surface area (Å²) in [5.74, 6) is 1.50. The second kappa shape index (κ2) is 15.3. The highest BCUT2D eigenvalue weighted by atomic mass is 35.5. The van der Waals surface area contributed by atoms with Gasteiger partial charge in [-0.3, -0.25) is 14.1 Å². The Morgan fingerprint density at radius 3 is 2.42 bits per heavy atom. The summed E-state index contributed by atoms with van der Waals surface area (Å²) in [6.07, 6.45) is 2.71. The van der Waals surface area contributed by atoms with Gasteiger partial charge in [0.25, 0.3) is 0 Å². The Morgan fingerprint density at radius 1 is 0.962 bits per heavy atom. The molecule has 1 N–H and O–H groups in total. The molecule has 7 rings (SSSR count). The molecule has 1 aliphatic carbocycles. The number of likely N-dealkylation sites (N-methyl/N-ethyl adjacent to an activating group) is 1. The molecule has 2 atom stereocenters. The third-order valence-corrected chi connectivity index (χ3v) is 10.5. The fourth-order valence-electron chi connectivity index (χ4n) is 6.88. The molecule has 1 aliphatic heterocycles. The zero-order valence-corrected chi connectivity index (χ0v) is 31.7. The van der Waals surface area contributed by atoms with Crippen LogP contribution in [0.1, 0.15) is 62.6 Å². The molecular formula is C38H43Cl2N9O4. The van der Waals surface area contributed by atoms with Crippen LogP contribution in [0.3, 0.4) is 0 Å². The van der Waals surface area contributed by atoms with Gasteiger partial charge in [-0.2, -0.15) is 5.10 Å². The van der Waals surface area contributed by atoms with E-state index in [2.05, 4.69) is 53.1 Å². The molecule has 1 fully saturated rings. The normalized spacial score (nSPS) is 18.1. The van der Waals surface area contributed by atoms with Crippen molar-refractivity contribution in [2.24, 2.45) is 0 Å². The van der Waals surface area contributed by atoms with Gasteiger partial charge < -0.3 is 19.8 Å². The number of urea groups is 1. The van der Waals surface area contributed by atoms with Crippen LogP contribution in [-0.2, 0) is 21.6 Å². The minimum atomic E-state index is -0.568. The van der Waals surface area contributed by atoms with Gasteiger partial charge >= 0.3 is 12.5 Å². The maximum absolute atomic E-state index is 14.0. The number of nitrogens with zero attached hydrogens (tertiary/aromatic N) is 8. The minimum absolute atomic E-state index is 0.268. The Kier molecular flexibility index (Phi) is 10.6.